The van der Waals surface area contributed by atoms with Crippen molar-refractivity contribution in [1.82, 2.24) is 0 Å². The van der Waals surface area contributed by atoms with Gasteiger partial charge in [0.25, 0.3) is 0 Å². The summed E-state index contributed by atoms with van der Waals surface area (Å²) in [4.78, 5) is 0. The van der Waals surface area contributed by atoms with Crippen LogP contribution in [0.1, 0.15) is 23.7 Å². The molecule has 0 spiro atoms. The number of aryl methyl sites for hydroxylation is 1. The second-order valence-corrected chi connectivity index (χ2v) is 3.82. The van der Waals surface area contributed by atoms with Gasteiger partial charge in [-0.3, -0.25) is 0 Å². The normalized spacial score (nSPS) is 19.4. The number of benzene rings is 1. The molecule has 15 heavy (non-hydrogen) atoms. The first kappa shape index (κ1) is 10.6. The number of aliphatic hydroxyl groups is 1. The number of rotatable bonds is 2. The lowest BCUT2D eigenvalue weighted by Crippen LogP contribution is -2.03. The van der Waals surface area contributed by atoms with Crippen LogP contribution in [0.4, 0.5) is 8.78 Å². The predicted molar refractivity (Wildman–Crippen MR) is 51.4 cm³/mol. The average Bonchev–Trinajstić information content (AvgIpc) is 2.48. The molecule has 0 bridgehead atoms. The Labute approximate surface area is 90.4 Å². The fourth-order valence-electron chi connectivity index (χ4n) is 1.77. The molecule has 0 aliphatic heterocycles. The van der Waals surface area contributed by atoms with E-state index in [-0.39, 0.29) is 10.8 Å². The molecule has 1 atom stereocenters. The summed E-state index contributed by atoms with van der Waals surface area (Å²) >= 11 is 5.75. The number of alkyl halides is 2. The van der Waals surface area contributed by atoms with Crippen molar-refractivity contribution in [1.29, 1.82) is 0 Å². The molecule has 82 valence electrons. The molecule has 1 aromatic carbocycles. The highest BCUT2D eigenvalue weighted by Gasteiger charge is 2.23. The van der Waals surface area contributed by atoms with Gasteiger partial charge in [-0.2, -0.15) is 8.78 Å². The zero-order valence-corrected chi connectivity index (χ0v) is 8.47. The zero-order chi connectivity index (χ0) is 11.0. The molecule has 1 unspecified atom stereocenters. The third-order valence-electron chi connectivity index (χ3n) is 2.46. The van der Waals surface area contributed by atoms with Crippen molar-refractivity contribution >= 4 is 11.6 Å². The van der Waals surface area contributed by atoms with Crippen LogP contribution in [0, 0.1) is 0 Å². The molecule has 0 saturated carbocycles. The minimum Gasteiger partial charge on any atom is -0.433 e. The first-order valence-corrected chi connectivity index (χ1v) is 4.91. The van der Waals surface area contributed by atoms with E-state index in [0.29, 0.717) is 18.4 Å². The van der Waals surface area contributed by atoms with Crippen molar-refractivity contribution in [3.63, 3.8) is 0 Å². The van der Waals surface area contributed by atoms with Crippen LogP contribution in [-0.4, -0.2) is 11.7 Å². The van der Waals surface area contributed by atoms with Crippen molar-refractivity contribution in [2.75, 3.05) is 0 Å². The maximum atomic E-state index is 12.0. The molecule has 0 amide bonds. The van der Waals surface area contributed by atoms with Crippen LogP contribution in [-0.2, 0) is 6.42 Å². The van der Waals surface area contributed by atoms with Crippen molar-refractivity contribution in [3.05, 3.63) is 28.3 Å². The van der Waals surface area contributed by atoms with Gasteiger partial charge in [0.1, 0.15) is 5.75 Å². The van der Waals surface area contributed by atoms with Gasteiger partial charge in [-0.15, -0.1) is 0 Å². The Morgan fingerprint density at radius 3 is 2.87 bits per heavy atom. The Bertz CT molecular complexity index is 382. The number of fused-ring (bicyclic) bond motifs is 1. The van der Waals surface area contributed by atoms with Crippen LogP contribution < -0.4 is 4.74 Å². The predicted octanol–water partition coefficient (Wildman–Crippen LogP) is 2.92. The second-order valence-electron chi connectivity index (χ2n) is 3.41. The van der Waals surface area contributed by atoms with Crippen LogP contribution in [0.2, 0.25) is 5.02 Å². The van der Waals surface area contributed by atoms with E-state index >= 15 is 0 Å². The Kier molecular flexibility index (Phi) is 2.80. The van der Waals surface area contributed by atoms with Gasteiger partial charge in [0.05, 0.1) is 11.1 Å². The van der Waals surface area contributed by atoms with Crippen LogP contribution in [0.5, 0.6) is 5.75 Å². The number of hydrogen-bond donors (Lipinski definition) is 1. The van der Waals surface area contributed by atoms with E-state index in [9.17, 15) is 13.9 Å². The summed E-state index contributed by atoms with van der Waals surface area (Å²) < 4.78 is 28.3. The fourth-order valence-corrected chi connectivity index (χ4v) is 1.99. The quantitative estimate of drug-likeness (QED) is 0.853. The molecule has 0 radical (unpaired) electrons. The van der Waals surface area contributed by atoms with Crippen LogP contribution in [0.15, 0.2) is 12.1 Å². The number of ether oxygens (including phenoxy) is 1. The summed E-state index contributed by atoms with van der Waals surface area (Å²) in [5.74, 6) is -0.0282. The van der Waals surface area contributed by atoms with Gasteiger partial charge in [-0.25, -0.2) is 0 Å². The van der Waals surface area contributed by atoms with E-state index in [1.807, 2.05) is 0 Å². The largest absolute Gasteiger partial charge is 0.433 e. The molecule has 5 heteroatoms. The number of aliphatic hydroxyl groups excluding tert-OH is 1. The maximum absolute atomic E-state index is 12.0. The molecule has 1 N–H and O–H groups in total. The van der Waals surface area contributed by atoms with Gasteiger partial charge in [0.2, 0.25) is 0 Å². The van der Waals surface area contributed by atoms with Gasteiger partial charge >= 0.3 is 6.61 Å². The molecule has 0 aromatic heterocycles. The lowest BCUT2D eigenvalue weighted by Gasteiger charge is -2.10. The molecular formula is C10H9ClF2O2. The van der Waals surface area contributed by atoms with Crippen LogP contribution >= 0.6 is 11.6 Å². The first-order valence-electron chi connectivity index (χ1n) is 4.53. The Morgan fingerprint density at radius 2 is 2.20 bits per heavy atom. The van der Waals surface area contributed by atoms with E-state index in [4.69, 9.17) is 11.6 Å². The molecule has 2 nitrogen and oxygen atoms in total. The smallest absolute Gasteiger partial charge is 0.387 e. The van der Waals surface area contributed by atoms with Crippen LogP contribution in [0.25, 0.3) is 0 Å². The Hall–Kier alpha value is -0.870. The zero-order valence-electron chi connectivity index (χ0n) is 7.71. The van der Waals surface area contributed by atoms with E-state index in [2.05, 4.69) is 4.74 Å². The topological polar surface area (TPSA) is 29.5 Å². The maximum Gasteiger partial charge on any atom is 0.387 e. The van der Waals surface area contributed by atoms with Gasteiger partial charge in [0, 0.05) is 0 Å². The van der Waals surface area contributed by atoms with Gasteiger partial charge in [0.15, 0.2) is 0 Å². The average molecular weight is 235 g/mol. The molecule has 1 aliphatic rings. The minimum absolute atomic E-state index is 0.0282. The fraction of sp³-hybridized carbons (Fsp3) is 0.400. The summed E-state index contributed by atoms with van der Waals surface area (Å²) in [6, 6.07) is 2.96. The van der Waals surface area contributed by atoms with Crippen LogP contribution in [0.3, 0.4) is 0 Å². The lowest BCUT2D eigenvalue weighted by molar-refractivity contribution is -0.0498. The third-order valence-corrected chi connectivity index (χ3v) is 2.75. The Balaban J connectivity index is 2.35. The Morgan fingerprint density at radius 1 is 1.47 bits per heavy atom. The van der Waals surface area contributed by atoms with Crippen molar-refractivity contribution < 1.29 is 18.6 Å². The molecule has 2 rings (SSSR count). The molecule has 0 heterocycles. The number of halogens is 3. The first-order chi connectivity index (χ1) is 7.08. The highest BCUT2D eigenvalue weighted by molar-refractivity contribution is 6.32. The van der Waals surface area contributed by atoms with E-state index in [1.54, 1.807) is 0 Å². The van der Waals surface area contributed by atoms with Crippen molar-refractivity contribution in [2.45, 2.75) is 25.6 Å². The molecule has 1 aliphatic carbocycles. The molecule has 0 saturated heterocycles. The third kappa shape index (κ3) is 2.06. The summed E-state index contributed by atoms with van der Waals surface area (Å²) in [7, 11) is 0. The summed E-state index contributed by atoms with van der Waals surface area (Å²) in [5, 5.41) is 9.64. The van der Waals surface area contributed by atoms with Crippen molar-refractivity contribution in [3.8, 4) is 5.75 Å². The summed E-state index contributed by atoms with van der Waals surface area (Å²) in [6.07, 6.45) is 0.718. The minimum atomic E-state index is -2.88. The monoisotopic (exact) mass is 234 g/mol. The van der Waals surface area contributed by atoms with E-state index < -0.39 is 12.7 Å². The van der Waals surface area contributed by atoms with E-state index in [1.165, 1.54) is 12.1 Å². The van der Waals surface area contributed by atoms with Gasteiger partial charge in [-0.1, -0.05) is 11.6 Å². The van der Waals surface area contributed by atoms with Crippen molar-refractivity contribution in [2.24, 2.45) is 0 Å². The van der Waals surface area contributed by atoms with E-state index in [0.717, 1.165) is 5.56 Å². The summed E-state index contributed by atoms with van der Waals surface area (Å²) in [5.41, 5.74) is 1.53. The highest BCUT2D eigenvalue weighted by atomic mass is 35.5. The van der Waals surface area contributed by atoms with Gasteiger partial charge < -0.3 is 9.84 Å². The standard InChI is InChI=1S/C10H9ClF2O2/c11-7-4-6-5(1-2-8(6)14)3-9(7)15-10(12)13/h3-4,8,10,14H,1-2H2. The highest BCUT2D eigenvalue weighted by Crippen LogP contribution is 2.38. The molecular weight excluding hydrogens is 226 g/mol. The summed E-state index contributed by atoms with van der Waals surface area (Å²) in [6.45, 7) is -2.88. The molecule has 0 fully saturated rings. The van der Waals surface area contributed by atoms with Gasteiger partial charge in [-0.05, 0) is 36.1 Å². The lowest BCUT2D eigenvalue weighted by atomic mass is 10.1. The molecule has 1 aromatic rings. The SMILES string of the molecule is OC1CCc2cc(OC(F)F)c(Cl)cc21. The number of hydrogen-bond acceptors (Lipinski definition) is 2. The second kappa shape index (κ2) is 3.94.